The summed E-state index contributed by atoms with van der Waals surface area (Å²) in [7, 11) is 0. The SMILES string of the molecule is CC(=O)O[C@@H]1c2cc(Br)ccc2N(C(C)=O)[C@H]1OC(C)=O. The van der Waals surface area contributed by atoms with Crippen LogP contribution >= 0.6 is 15.9 Å². The first-order chi connectivity index (χ1) is 9.81. The van der Waals surface area contributed by atoms with E-state index in [1.54, 1.807) is 18.2 Å². The molecule has 0 radical (unpaired) electrons. The second-order valence-corrected chi connectivity index (χ2v) is 5.54. The number of amides is 1. The third kappa shape index (κ3) is 3.07. The molecular weight excluding hydrogens is 342 g/mol. The molecule has 1 aromatic rings. The summed E-state index contributed by atoms with van der Waals surface area (Å²) in [6, 6.07) is 5.21. The Morgan fingerprint density at radius 1 is 1.10 bits per heavy atom. The summed E-state index contributed by atoms with van der Waals surface area (Å²) in [4.78, 5) is 35.8. The van der Waals surface area contributed by atoms with Crippen LogP contribution in [-0.4, -0.2) is 24.1 Å². The number of rotatable bonds is 2. The largest absolute Gasteiger partial charge is 0.451 e. The summed E-state index contributed by atoms with van der Waals surface area (Å²) in [6.45, 7) is 3.86. The van der Waals surface area contributed by atoms with Crippen molar-refractivity contribution in [3.8, 4) is 0 Å². The fourth-order valence-corrected chi connectivity index (χ4v) is 2.71. The van der Waals surface area contributed by atoms with Crippen molar-refractivity contribution in [2.75, 3.05) is 4.90 Å². The molecule has 1 heterocycles. The average Bonchev–Trinajstić information content (AvgIpc) is 2.62. The van der Waals surface area contributed by atoms with Gasteiger partial charge in [0.05, 0.1) is 5.69 Å². The van der Waals surface area contributed by atoms with E-state index < -0.39 is 24.3 Å². The minimum absolute atomic E-state index is 0.306. The lowest BCUT2D eigenvalue weighted by Gasteiger charge is -2.26. The van der Waals surface area contributed by atoms with E-state index in [-0.39, 0.29) is 5.91 Å². The number of fused-ring (bicyclic) bond motifs is 1. The van der Waals surface area contributed by atoms with E-state index in [9.17, 15) is 14.4 Å². The molecule has 0 bridgehead atoms. The summed E-state index contributed by atoms with van der Waals surface area (Å²) >= 11 is 3.33. The van der Waals surface area contributed by atoms with Crippen molar-refractivity contribution in [3.63, 3.8) is 0 Å². The molecule has 0 N–H and O–H groups in total. The van der Waals surface area contributed by atoms with Crippen molar-refractivity contribution in [1.29, 1.82) is 0 Å². The van der Waals surface area contributed by atoms with Crippen molar-refractivity contribution < 1.29 is 23.9 Å². The molecule has 0 saturated heterocycles. The highest BCUT2D eigenvalue weighted by Crippen LogP contribution is 2.43. The maximum Gasteiger partial charge on any atom is 0.304 e. The molecule has 0 saturated carbocycles. The lowest BCUT2D eigenvalue weighted by atomic mass is 10.1. The molecule has 112 valence electrons. The Balaban J connectivity index is 2.53. The number of halogens is 1. The van der Waals surface area contributed by atoms with Gasteiger partial charge in [-0.25, -0.2) is 0 Å². The van der Waals surface area contributed by atoms with Crippen LogP contribution in [0.4, 0.5) is 5.69 Å². The molecule has 1 aliphatic heterocycles. The standard InChI is InChI=1S/C14H14BrNO5/c1-7(17)16-12-5-4-10(15)6-11(12)13(20-8(2)18)14(16)21-9(3)19/h4-6,13-14H,1-3H3/t13-,14+/m1/s1. The van der Waals surface area contributed by atoms with Crippen LogP contribution in [0.25, 0.3) is 0 Å². The van der Waals surface area contributed by atoms with Crippen LogP contribution < -0.4 is 4.90 Å². The van der Waals surface area contributed by atoms with E-state index in [4.69, 9.17) is 9.47 Å². The van der Waals surface area contributed by atoms with Crippen molar-refractivity contribution >= 4 is 39.5 Å². The zero-order valence-electron chi connectivity index (χ0n) is 11.8. The van der Waals surface area contributed by atoms with Crippen LogP contribution in [0.15, 0.2) is 22.7 Å². The first-order valence-electron chi connectivity index (χ1n) is 6.25. The Hall–Kier alpha value is -1.89. The van der Waals surface area contributed by atoms with E-state index in [1.807, 2.05) is 0 Å². The predicted octanol–water partition coefficient (Wildman–Crippen LogP) is 2.31. The molecule has 0 aliphatic carbocycles. The predicted molar refractivity (Wildman–Crippen MR) is 77.4 cm³/mol. The van der Waals surface area contributed by atoms with Crippen molar-refractivity contribution in [2.45, 2.75) is 33.1 Å². The number of nitrogens with zero attached hydrogens (tertiary/aromatic N) is 1. The average molecular weight is 356 g/mol. The Morgan fingerprint density at radius 3 is 2.24 bits per heavy atom. The van der Waals surface area contributed by atoms with Crippen LogP contribution in [0.1, 0.15) is 32.4 Å². The lowest BCUT2D eigenvalue weighted by molar-refractivity contribution is -0.165. The molecule has 2 rings (SSSR count). The van der Waals surface area contributed by atoms with Crippen molar-refractivity contribution in [1.82, 2.24) is 0 Å². The lowest BCUT2D eigenvalue weighted by Crippen LogP contribution is -2.41. The monoisotopic (exact) mass is 355 g/mol. The number of hydrogen-bond donors (Lipinski definition) is 0. The molecule has 6 nitrogen and oxygen atoms in total. The van der Waals surface area contributed by atoms with Gasteiger partial charge in [0.1, 0.15) is 0 Å². The van der Waals surface area contributed by atoms with E-state index in [0.29, 0.717) is 11.3 Å². The summed E-state index contributed by atoms with van der Waals surface area (Å²) in [5.74, 6) is -1.39. The maximum absolute atomic E-state index is 11.9. The van der Waals surface area contributed by atoms with Crippen LogP contribution in [-0.2, 0) is 23.9 Å². The number of esters is 2. The number of carbonyl (C=O) groups is 3. The summed E-state index contributed by atoms with van der Waals surface area (Å²) < 4.78 is 11.2. The third-order valence-electron chi connectivity index (χ3n) is 2.99. The highest BCUT2D eigenvalue weighted by Gasteiger charge is 2.45. The van der Waals surface area contributed by atoms with Gasteiger partial charge in [0.2, 0.25) is 12.1 Å². The molecule has 7 heteroatoms. The van der Waals surface area contributed by atoms with E-state index in [2.05, 4.69) is 15.9 Å². The zero-order valence-corrected chi connectivity index (χ0v) is 13.3. The highest BCUT2D eigenvalue weighted by atomic mass is 79.9. The van der Waals surface area contributed by atoms with Gasteiger partial charge >= 0.3 is 11.9 Å². The van der Waals surface area contributed by atoms with Gasteiger partial charge in [-0.05, 0) is 18.2 Å². The summed E-state index contributed by atoms with van der Waals surface area (Å²) in [5.41, 5.74) is 1.17. The highest BCUT2D eigenvalue weighted by molar-refractivity contribution is 9.10. The van der Waals surface area contributed by atoms with Gasteiger partial charge in [-0.15, -0.1) is 0 Å². The van der Waals surface area contributed by atoms with Crippen LogP contribution in [0.5, 0.6) is 0 Å². The first-order valence-corrected chi connectivity index (χ1v) is 7.04. The molecule has 0 fully saturated rings. The number of carbonyl (C=O) groups excluding carboxylic acids is 3. The Morgan fingerprint density at radius 2 is 1.71 bits per heavy atom. The van der Waals surface area contributed by atoms with E-state index in [1.165, 1.54) is 25.7 Å². The number of benzene rings is 1. The maximum atomic E-state index is 11.9. The quantitative estimate of drug-likeness (QED) is 0.761. The Labute approximate surface area is 130 Å². The molecule has 1 amide bonds. The fourth-order valence-electron chi connectivity index (χ4n) is 2.33. The first kappa shape index (κ1) is 15.5. The van der Waals surface area contributed by atoms with Crippen molar-refractivity contribution in [3.05, 3.63) is 28.2 Å². The normalized spacial score (nSPS) is 19.9. The van der Waals surface area contributed by atoms with Gasteiger partial charge in [0, 0.05) is 30.8 Å². The van der Waals surface area contributed by atoms with E-state index in [0.717, 1.165) is 4.47 Å². The van der Waals surface area contributed by atoms with Gasteiger partial charge in [-0.2, -0.15) is 0 Å². The van der Waals surface area contributed by atoms with Crippen LogP contribution in [0.2, 0.25) is 0 Å². The topological polar surface area (TPSA) is 72.9 Å². The molecule has 1 aromatic carbocycles. The molecule has 0 unspecified atom stereocenters. The van der Waals surface area contributed by atoms with Gasteiger partial charge in [-0.3, -0.25) is 19.3 Å². The molecule has 0 spiro atoms. The Bertz CT molecular complexity index is 615. The minimum Gasteiger partial charge on any atom is -0.451 e. The summed E-state index contributed by atoms with van der Waals surface area (Å²) in [6.07, 6.45) is -1.84. The van der Waals surface area contributed by atoms with Crippen LogP contribution in [0, 0.1) is 0 Å². The number of anilines is 1. The zero-order chi connectivity index (χ0) is 15.7. The molecule has 1 aliphatic rings. The van der Waals surface area contributed by atoms with Crippen molar-refractivity contribution in [2.24, 2.45) is 0 Å². The van der Waals surface area contributed by atoms with Crippen LogP contribution in [0.3, 0.4) is 0 Å². The molecule has 2 atom stereocenters. The van der Waals surface area contributed by atoms with E-state index >= 15 is 0 Å². The third-order valence-corrected chi connectivity index (χ3v) is 3.48. The van der Waals surface area contributed by atoms with Gasteiger partial charge in [0.25, 0.3) is 0 Å². The summed E-state index contributed by atoms with van der Waals surface area (Å²) in [5, 5.41) is 0. The van der Waals surface area contributed by atoms with Gasteiger partial charge in [0.15, 0.2) is 6.10 Å². The minimum atomic E-state index is -0.992. The Kier molecular flexibility index (Phi) is 4.32. The van der Waals surface area contributed by atoms with Gasteiger partial charge in [-0.1, -0.05) is 15.9 Å². The smallest absolute Gasteiger partial charge is 0.304 e. The molecule has 0 aromatic heterocycles. The van der Waals surface area contributed by atoms with Gasteiger partial charge < -0.3 is 9.47 Å². The fraction of sp³-hybridized carbons (Fsp3) is 0.357. The molecule has 21 heavy (non-hydrogen) atoms. The second kappa shape index (κ2) is 5.85. The number of ether oxygens (including phenoxy) is 2. The number of hydrogen-bond acceptors (Lipinski definition) is 5. The second-order valence-electron chi connectivity index (χ2n) is 4.62. The molecular formula is C14H14BrNO5.